The summed E-state index contributed by atoms with van der Waals surface area (Å²) in [6.45, 7) is 10.6. The molecule has 2 saturated heterocycles. The average molecular weight is 514 g/mol. The third-order valence-corrected chi connectivity index (χ3v) is 7.26. The maximum Gasteiger partial charge on any atom is 0.410 e. The number of amides is 3. The fraction of sp³-hybridized carbons (Fsp3) is 0.680. The minimum Gasteiger partial charge on any atom is -0.444 e. The highest BCUT2D eigenvalue weighted by Gasteiger charge is 2.30. The standard InChI is InChI=1S/C25H38Cl2N4O3/c1-25(2,3)34-24(33)29(4)17-19(18-6-7-21(26)22(27)16-18)8-13-30-14-9-20(10-15-30)31-12-5-11-28-23(31)32/h6-7,16,19-20H,5,8-15,17H2,1-4H3,(H,28,32)/t19-/m1/s1. The van der Waals surface area contributed by atoms with E-state index in [2.05, 4.69) is 10.2 Å². The van der Waals surface area contributed by atoms with Crippen LogP contribution >= 0.6 is 23.2 Å². The zero-order chi connectivity index (χ0) is 24.9. The molecule has 9 heteroatoms. The van der Waals surface area contributed by atoms with Crippen molar-refractivity contribution in [1.82, 2.24) is 20.0 Å². The molecule has 34 heavy (non-hydrogen) atoms. The lowest BCUT2D eigenvalue weighted by Crippen LogP contribution is -2.54. The molecule has 3 amide bonds. The summed E-state index contributed by atoms with van der Waals surface area (Å²) in [6.07, 6.45) is 3.53. The molecule has 1 N–H and O–H groups in total. The van der Waals surface area contributed by atoms with Crippen molar-refractivity contribution in [1.29, 1.82) is 0 Å². The molecule has 1 aromatic rings. The summed E-state index contributed by atoms with van der Waals surface area (Å²) in [5.41, 5.74) is 0.518. The zero-order valence-corrected chi connectivity index (χ0v) is 22.3. The van der Waals surface area contributed by atoms with Crippen LogP contribution in [-0.2, 0) is 4.74 Å². The molecule has 0 aromatic heterocycles. The smallest absolute Gasteiger partial charge is 0.410 e. The predicted molar refractivity (Wildman–Crippen MR) is 137 cm³/mol. The van der Waals surface area contributed by atoms with E-state index in [4.69, 9.17) is 27.9 Å². The van der Waals surface area contributed by atoms with Gasteiger partial charge in [-0.05, 0) is 70.7 Å². The number of carbonyl (C=O) groups is 2. The van der Waals surface area contributed by atoms with Gasteiger partial charge in [-0.3, -0.25) is 0 Å². The second-order valence-corrected chi connectivity index (χ2v) is 11.2. The molecule has 190 valence electrons. The van der Waals surface area contributed by atoms with Crippen LogP contribution in [0.5, 0.6) is 0 Å². The summed E-state index contributed by atoms with van der Waals surface area (Å²) < 4.78 is 5.54. The van der Waals surface area contributed by atoms with Crippen LogP contribution < -0.4 is 5.32 Å². The number of benzene rings is 1. The lowest BCUT2D eigenvalue weighted by molar-refractivity contribution is 0.0284. The van der Waals surface area contributed by atoms with Gasteiger partial charge in [-0.25, -0.2) is 9.59 Å². The van der Waals surface area contributed by atoms with E-state index in [9.17, 15) is 9.59 Å². The summed E-state index contributed by atoms with van der Waals surface area (Å²) in [5.74, 6) is 0.0953. The fourth-order valence-corrected chi connectivity index (χ4v) is 4.97. The second-order valence-electron chi connectivity index (χ2n) is 10.4. The van der Waals surface area contributed by atoms with Gasteiger partial charge in [0.25, 0.3) is 0 Å². The van der Waals surface area contributed by atoms with Gasteiger partial charge in [0.15, 0.2) is 0 Å². The van der Waals surface area contributed by atoms with E-state index < -0.39 is 5.60 Å². The van der Waals surface area contributed by atoms with Crippen molar-refractivity contribution < 1.29 is 14.3 Å². The van der Waals surface area contributed by atoms with Crippen molar-refractivity contribution in [2.45, 2.75) is 64.0 Å². The van der Waals surface area contributed by atoms with E-state index in [0.717, 1.165) is 64.0 Å². The maximum absolute atomic E-state index is 12.6. The SMILES string of the molecule is CN(C[C@@H](CCN1CCC(N2CCCNC2=O)CC1)c1ccc(Cl)c(Cl)c1)C(=O)OC(C)(C)C. The van der Waals surface area contributed by atoms with Gasteiger partial charge in [0.1, 0.15) is 5.60 Å². The Bertz CT molecular complexity index is 853. The Hall–Kier alpha value is -1.70. The molecule has 7 nitrogen and oxygen atoms in total. The van der Waals surface area contributed by atoms with Crippen molar-refractivity contribution in [2.24, 2.45) is 0 Å². The molecule has 0 radical (unpaired) electrons. The van der Waals surface area contributed by atoms with E-state index in [1.807, 2.05) is 43.9 Å². The number of piperidine rings is 1. The van der Waals surface area contributed by atoms with Crippen LogP contribution in [0, 0.1) is 0 Å². The number of nitrogens with zero attached hydrogens (tertiary/aromatic N) is 3. The van der Waals surface area contributed by atoms with Crippen LogP contribution in [0.3, 0.4) is 0 Å². The highest BCUT2D eigenvalue weighted by Crippen LogP contribution is 2.30. The fourth-order valence-electron chi connectivity index (χ4n) is 4.66. The third kappa shape index (κ3) is 7.65. The summed E-state index contributed by atoms with van der Waals surface area (Å²) in [6, 6.07) is 6.10. The molecule has 2 aliphatic rings. The molecule has 2 heterocycles. The molecule has 0 aliphatic carbocycles. The normalized spacial score (nSPS) is 19.0. The van der Waals surface area contributed by atoms with Crippen molar-refractivity contribution >= 4 is 35.3 Å². The Morgan fingerprint density at radius 3 is 2.53 bits per heavy atom. The predicted octanol–water partition coefficient (Wildman–Crippen LogP) is 5.21. The molecular formula is C25H38Cl2N4O3. The first-order valence-corrected chi connectivity index (χ1v) is 12.9. The van der Waals surface area contributed by atoms with Gasteiger partial charge >= 0.3 is 12.1 Å². The Labute approximate surface area is 213 Å². The third-order valence-electron chi connectivity index (χ3n) is 6.52. The van der Waals surface area contributed by atoms with E-state index in [1.165, 1.54) is 0 Å². The quantitative estimate of drug-likeness (QED) is 0.544. The molecule has 0 saturated carbocycles. The first-order chi connectivity index (χ1) is 16.0. The molecule has 0 bridgehead atoms. The largest absolute Gasteiger partial charge is 0.444 e. The number of carbonyl (C=O) groups excluding carboxylic acids is 2. The molecule has 2 fully saturated rings. The Morgan fingerprint density at radius 1 is 1.21 bits per heavy atom. The summed E-state index contributed by atoms with van der Waals surface area (Å²) in [7, 11) is 1.77. The number of nitrogens with one attached hydrogen (secondary N) is 1. The minimum atomic E-state index is -0.542. The highest BCUT2D eigenvalue weighted by molar-refractivity contribution is 6.42. The Balaban J connectivity index is 1.60. The second kappa shape index (κ2) is 11.8. The first-order valence-electron chi connectivity index (χ1n) is 12.2. The number of ether oxygens (including phenoxy) is 1. The Kier molecular flexibility index (Phi) is 9.35. The average Bonchev–Trinajstić information content (AvgIpc) is 2.78. The van der Waals surface area contributed by atoms with Crippen LogP contribution in [-0.4, -0.2) is 84.8 Å². The van der Waals surface area contributed by atoms with Crippen LogP contribution in [0.2, 0.25) is 10.0 Å². The molecular weight excluding hydrogens is 475 g/mol. The van der Waals surface area contributed by atoms with Gasteiger partial charge in [-0.1, -0.05) is 29.3 Å². The van der Waals surface area contributed by atoms with Gasteiger partial charge in [0.2, 0.25) is 0 Å². The minimum absolute atomic E-state index is 0.0783. The summed E-state index contributed by atoms with van der Waals surface area (Å²) in [5, 5.41) is 4.00. The van der Waals surface area contributed by atoms with E-state index in [1.54, 1.807) is 11.9 Å². The van der Waals surface area contributed by atoms with Crippen molar-refractivity contribution in [3.8, 4) is 0 Å². The van der Waals surface area contributed by atoms with Crippen LogP contribution in [0.4, 0.5) is 9.59 Å². The van der Waals surface area contributed by atoms with E-state index >= 15 is 0 Å². The molecule has 0 spiro atoms. The topological polar surface area (TPSA) is 65.1 Å². The number of hydrogen-bond donors (Lipinski definition) is 1. The van der Waals surface area contributed by atoms with Crippen LogP contribution in [0.1, 0.15) is 57.9 Å². The van der Waals surface area contributed by atoms with Crippen LogP contribution in [0.15, 0.2) is 18.2 Å². The van der Waals surface area contributed by atoms with Crippen molar-refractivity contribution in [3.63, 3.8) is 0 Å². The van der Waals surface area contributed by atoms with Gasteiger partial charge in [-0.15, -0.1) is 0 Å². The van der Waals surface area contributed by atoms with Crippen LogP contribution in [0.25, 0.3) is 0 Å². The molecule has 2 aliphatic heterocycles. The maximum atomic E-state index is 12.6. The molecule has 0 unspecified atom stereocenters. The van der Waals surface area contributed by atoms with E-state index in [-0.39, 0.29) is 18.0 Å². The monoisotopic (exact) mass is 512 g/mol. The molecule has 1 atom stereocenters. The van der Waals surface area contributed by atoms with Gasteiger partial charge in [0.05, 0.1) is 10.0 Å². The number of likely N-dealkylation sites (N-methyl/N-ethyl adjacent to an activating group) is 1. The number of likely N-dealkylation sites (tertiary alicyclic amines) is 1. The Morgan fingerprint density at radius 2 is 1.91 bits per heavy atom. The number of hydrogen-bond acceptors (Lipinski definition) is 4. The van der Waals surface area contributed by atoms with Crippen molar-refractivity contribution in [2.75, 3.05) is 46.3 Å². The van der Waals surface area contributed by atoms with Crippen molar-refractivity contribution in [3.05, 3.63) is 33.8 Å². The number of rotatable bonds is 7. The van der Waals surface area contributed by atoms with E-state index in [0.29, 0.717) is 22.6 Å². The lowest BCUT2D eigenvalue weighted by Gasteiger charge is -2.40. The van der Waals surface area contributed by atoms with Gasteiger partial charge < -0.3 is 24.8 Å². The first kappa shape index (κ1) is 26.9. The lowest BCUT2D eigenvalue weighted by atomic mass is 9.94. The number of halogens is 2. The summed E-state index contributed by atoms with van der Waals surface area (Å²) in [4.78, 5) is 30.9. The molecule has 1 aromatic carbocycles. The zero-order valence-electron chi connectivity index (χ0n) is 20.8. The highest BCUT2D eigenvalue weighted by atomic mass is 35.5. The molecule has 3 rings (SSSR count). The number of urea groups is 1. The van der Waals surface area contributed by atoms with Gasteiger partial charge in [0, 0.05) is 51.7 Å². The van der Waals surface area contributed by atoms with Gasteiger partial charge in [-0.2, -0.15) is 0 Å². The summed E-state index contributed by atoms with van der Waals surface area (Å²) >= 11 is 12.5.